The number of aromatic carboxylic acids is 1. The Balaban J connectivity index is 1.73. The first-order valence-corrected chi connectivity index (χ1v) is 6.09. The number of furan rings is 1. The van der Waals surface area contributed by atoms with E-state index in [0.717, 1.165) is 0 Å². The van der Waals surface area contributed by atoms with E-state index in [0.29, 0.717) is 45.2 Å². The molecule has 0 spiro atoms. The van der Waals surface area contributed by atoms with E-state index < -0.39 is 5.97 Å². The molecule has 0 aliphatic carbocycles. The number of carboxylic acid groups (broad SMARTS) is 1. The van der Waals surface area contributed by atoms with E-state index in [1.165, 1.54) is 12.1 Å². The summed E-state index contributed by atoms with van der Waals surface area (Å²) in [4.78, 5) is 24.2. The topological polar surface area (TPSA) is 92.0 Å². The highest BCUT2D eigenvalue weighted by Gasteiger charge is 2.16. The van der Waals surface area contributed by atoms with Crippen molar-refractivity contribution in [2.24, 2.45) is 0 Å². The first-order chi connectivity index (χ1) is 9.16. The lowest BCUT2D eigenvalue weighted by Gasteiger charge is -2.26. The molecule has 19 heavy (non-hydrogen) atoms. The smallest absolute Gasteiger partial charge is 0.371 e. The van der Waals surface area contributed by atoms with Gasteiger partial charge < -0.3 is 24.5 Å². The second-order valence-electron chi connectivity index (χ2n) is 4.14. The summed E-state index contributed by atoms with van der Waals surface area (Å²) in [5, 5.41) is 11.6. The maximum atomic E-state index is 11.8. The van der Waals surface area contributed by atoms with E-state index in [1.54, 1.807) is 4.90 Å². The molecule has 0 saturated carbocycles. The van der Waals surface area contributed by atoms with Gasteiger partial charge in [-0.25, -0.2) is 4.79 Å². The number of hydrogen-bond acceptors (Lipinski definition) is 5. The molecule has 2 rings (SSSR count). The van der Waals surface area contributed by atoms with Gasteiger partial charge in [0.2, 0.25) is 11.7 Å². The van der Waals surface area contributed by atoms with Crippen molar-refractivity contribution in [1.82, 2.24) is 4.90 Å². The Morgan fingerprint density at radius 3 is 2.68 bits per heavy atom. The van der Waals surface area contributed by atoms with Gasteiger partial charge in [0.1, 0.15) is 0 Å². The fourth-order valence-electron chi connectivity index (χ4n) is 1.81. The number of hydrogen-bond donors (Lipinski definition) is 2. The summed E-state index contributed by atoms with van der Waals surface area (Å²) in [6.07, 6.45) is 0.336. The highest BCUT2D eigenvalue weighted by Crippen LogP contribution is 2.13. The number of rotatable bonds is 5. The van der Waals surface area contributed by atoms with Crippen LogP contribution >= 0.6 is 0 Å². The molecule has 0 bridgehead atoms. The van der Waals surface area contributed by atoms with Crippen LogP contribution in [0.1, 0.15) is 17.0 Å². The molecule has 1 aliphatic heterocycles. The van der Waals surface area contributed by atoms with Gasteiger partial charge in [-0.2, -0.15) is 0 Å². The Morgan fingerprint density at radius 2 is 2.05 bits per heavy atom. The van der Waals surface area contributed by atoms with Crippen molar-refractivity contribution in [3.8, 4) is 0 Å². The molecule has 1 fully saturated rings. The first-order valence-electron chi connectivity index (χ1n) is 6.09. The molecule has 7 heteroatoms. The summed E-state index contributed by atoms with van der Waals surface area (Å²) in [5.74, 6) is -0.826. The van der Waals surface area contributed by atoms with Crippen molar-refractivity contribution in [3.63, 3.8) is 0 Å². The second-order valence-corrected chi connectivity index (χ2v) is 4.14. The number of ether oxygens (including phenoxy) is 1. The van der Waals surface area contributed by atoms with Gasteiger partial charge in [0.25, 0.3) is 0 Å². The number of anilines is 1. The third-order valence-corrected chi connectivity index (χ3v) is 2.82. The lowest BCUT2D eigenvalue weighted by molar-refractivity contribution is -0.134. The van der Waals surface area contributed by atoms with Gasteiger partial charge in [-0.3, -0.25) is 4.79 Å². The zero-order chi connectivity index (χ0) is 13.7. The fourth-order valence-corrected chi connectivity index (χ4v) is 1.81. The molecule has 1 saturated heterocycles. The van der Waals surface area contributed by atoms with Crippen molar-refractivity contribution >= 4 is 17.8 Å². The number of carbonyl (C=O) groups excluding carboxylic acids is 1. The molecule has 1 aromatic heterocycles. The van der Waals surface area contributed by atoms with Gasteiger partial charge in [-0.05, 0) is 6.07 Å². The third-order valence-electron chi connectivity index (χ3n) is 2.82. The van der Waals surface area contributed by atoms with Crippen LogP contribution in [0.15, 0.2) is 16.5 Å². The van der Waals surface area contributed by atoms with E-state index in [4.69, 9.17) is 14.3 Å². The maximum absolute atomic E-state index is 11.8. The van der Waals surface area contributed by atoms with Gasteiger partial charge in [0, 0.05) is 32.1 Å². The van der Waals surface area contributed by atoms with Crippen LogP contribution in [0.3, 0.4) is 0 Å². The van der Waals surface area contributed by atoms with E-state index in [-0.39, 0.29) is 11.7 Å². The summed E-state index contributed by atoms with van der Waals surface area (Å²) < 4.78 is 10.2. The van der Waals surface area contributed by atoms with E-state index >= 15 is 0 Å². The SMILES string of the molecule is O=C(O)c1ccc(NCCC(=O)N2CCOCC2)o1. The van der Waals surface area contributed by atoms with Crippen LogP contribution in [-0.4, -0.2) is 54.7 Å². The maximum Gasteiger partial charge on any atom is 0.371 e. The molecule has 1 aromatic rings. The van der Waals surface area contributed by atoms with Gasteiger partial charge in [0.15, 0.2) is 5.88 Å². The van der Waals surface area contributed by atoms with Crippen LogP contribution in [0.4, 0.5) is 5.88 Å². The van der Waals surface area contributed by atoms with Gasteiger partial charge >= 0.3 is 5.97 Å². The normalized spacial score (nSPS) is 15.3. The minimum atomic E-state index is -1.11. The molecular formula is C12H16N2O5. The van der Waals surface area contributed by atoms with Gasteiger partial charge in [0.05, 0.1) is 13.2 Å². The predicted molar refractivity (Wildman–Crippen MR) is 66.2 cm³/mol. The Hall–Kier alpha value is -2.02. The fraction of sp³-hybridized carbons (Fsp3) is 0.500. The molecule has 0 unspecified atom stereocenters. The van der Waals surface area contributed by atoms with E-state index in [1.807, 2.05) is 0 Å². The van der Waals surface area contributed by atoms with Crippen LogP contribution in [0.25, 0.3) is 0 Å². The number of nitrogens with zero attached hydrogens (tertiary/aromatic N) is 1. The zero-order valence-corrected chi connectivity index (χ0v) is 10.4. The molecule has 0 radical (unpaired) electrons. The summed E-state index contributed by atoms with van der Waals surface area (Å²) in [5.41, 5.74) is 0. The molecular weight excluding hydrogens is 252 g/mol. The molecule has 7 nitrogen and oxygen atoms in total. The number of carboxylic acids is 1. The van der Waals surface area contributed by atoms with Crippen LogP contribution in [-0.2, 0) is 9.53 Å². The van der Waals surface area contributed by atoms with E-state index in [9.17, 15) is 9.59 Å². The quantitative estimate of drug-likeness (QED) is 0.814. The van der Waals surface area contributed by atoms with Crippen LogP contribution in [0, 0.1) is 0 Å². The van der Waals surface area contributed by atoms with Crippen molar-refractivity contribution in [2.75, 3.05) is 38.2 Å². The van der Waals surface area contributed by atoms with Crippen molar-refractivity contribution in [2.45, 2.75) is 6.42 Å². The molecule has 1 aliphatic rings. The number of carbonyl (C=O) groups is 2. The van der Waals surface area contributed by atoms with Gasteiger partial charge in [-0.1, -0.05) is 0 Å². The number of morpholine rings is 1. The largest absolute Gasteiger partial charge is 0.475 e. The first kappa shape index (κ1) is 13.4. The molecule has 104 valence electrons. The Kier molecular flexibility index (Phi) is 4.40. The summed E-state index contributed by atoms with van der Waals surface area (Å²) >= 11 is 0. The highest BCUT2D eigenvalue weighted by molar-refractivity contribution is 5.84. The summed E-state index contributed by atoms with van der Waals surface area (Å²) in [6, 6.07) is 2.90. The summed E-state index contributed by atoms with van der Waals surface area (Å²) in [7, 11) is 0. The number of nitrogens with one attached hydrogen (secondary N) is 1. The van der Waals surface area contributed by atoms with Crippen molar-refractivity contribution in [1.29, 1.82) is 0 Å². The highest BCUT2D eigenvalue weighted by atomic mass is 16.5. The predicted octanol–water partition coefficient (Wildman–Crippen LogP) is 0.639. The molecule has 0 atom stereocenters. The van der Waals surface area contributed by atoms with E-state index in [2.05, 4.69) is 5.32 Å². The third kappa shape index (κ3) is 3.72. The van der Waals surface area contributed by atoms with Crippen molar-refractivity contribution in [3.05, 3.63) is 17.9 Å². The second kappa shape index (κ2) is 6.24. The zero-order valence-electron chi connectivity index (χ0n) is 10.4. The Labute approximate surface area is 110 Å². The van der Waals surface area contributed by atoms with Gasteiger partial charge in [-0.15, -0.1) is 0 Å². The molecule has 0 aromatic carbocycles. The molecule has 1 amide bonds. The van der Waals surface area contributed by atoms with Crippen LogP contribution < -0.4 is 5.32 Å². The lowest BCUT2D eigenvalue weighted by atomic mass is 10.3. The minimum absolute atomic E-state index is 0.0563. The standard InChI is InChI=1S/C12H16N2O5/c15-11(14-5-7-18-8-6-14)3-4-13-10-2-1-9(19-10)12(16)17/h1-2,13H,3-8H2,(H,16,17). The summed E-state index contributed by atoms with van der Waals surface area (Å²) in [6.45, 7) is 2.83. The lowest BCUT2D eigenvalue weighted by Crippen LogP contribution is -2.41. The minimum Gasteiger partial charge on any atom is -0.475 e. The van der Waals surface area contributed by atoms with Crippen molar-refractivity contribution < 1.29 is 23.8 Å². The van der Waals surface area contributed by atoms with Crippen LogP contribution in [0.5, 0.6) is 0 Å². The Bertz CT molecular complexity index is 451. The average Bonchev–Trinajstić information content (AvgIpc) is 2.89. The average molecular weight is 268 g/mol. The Morgan fingerprint density at radius 1 is 1.32 bits per heavy atom. The molecule has 2 N–H and O–H groups in total. The van der Waals surface area contributed by atoms with Crippen LogP contribution in [0.2, 0.25) is 0 Å². The monoisotopic (exact) mass is 268 g/mol. The molecule has 2 heterocycles. The number of amides is 1.